The van der Waals surface area contributed by atoms with E-state index in [1.807, 2.05) is 11.8 Å². The number of rotatable bonds is 7. The second-order valence-electron chi connectivity index (χ2n) is 19.1. The molecule has 2 aliphatic rings. The van der Waals surface area contributed by atoms with Crippen LogP contribution in [0.3, 0.4) is 0 Å². The quantitative estimate of drug-likeness (QED) is 0.144. The molecule has 0 atom stereocenters. The molecule has 14 rings (SSSR count). The van der Waals surface area contributed by atoms with E-state index in [4.69, 9.17) is 0 Å². The van der Waals surface area contributed by atoms with E-state index in [2.05, 4.69) is 255 Å². The molecule has 0 spiro atoms. The first-order chi connectivity index (χ1) is 34.2. The zero-order chi connectivity index (χ0) is 45.5. The molecule has 12 aromatic rings. The largest absolute Gasteiger partial charge is 0.0881 e. The van der Waals surface area contributed by atoms with E-state index < -0.39 is 10.8 Å². The lowest BCUT2D eigenvalue weighted by molar-refractivity contribution is 0.496. The van der Waals surface area contributed by atoms with Crippen LogP contribution in [0.25, 0.3) is 65.3 Å². The summed E-state index contributed by atoms with van der Waals surface area (Å²) < 4.78 is 0. The van der Waals surface area contributed by atoms with Crippen molar-refractivity contribution in [2.45, 2.75) is 33.5 Å². The van der Waals surface area contributed by atoms with E-state index in [1.54, 1.807) is 0 Å². The Hall–Kier alpha value is -7.97. The minimum atomic E-state index is -0.451. The van der Waals surface area contributed by atoms with Gasteiger partial charge < -0.3 is 0 Å². The maximum Gasteiger partial charge on any atom is 0.0713 e. The van der Waals surface area contributed by atoms with Gasteiger partial charge in [0.2, 0.25) is 0 Å². The van der Waals surface area contributed by atoms with Gasteiger partial charge in [0.1, 0.15) is 0 Å². The van der Waals surface area contributed by atoms with Crippen LogP contribution in [-0.4, -0.2) is 0 Å². The molecular formula is C68H46S. The van der Waals surface area contributed by atoms with Crippen molar-refractivity contribution in [3.63, 3.8) is 0 Å². The molecule has 69 heavy (non-hydrogen) atoms. The summed E-state index contributed by atoms with van der Waals surface area (Å²) in [5, 5.41) is 10.6. The van der Waals surface area contributed by atoms with Gasteiger partial charge in [-0.05, 0) is 129 Å². The van der Waals surface area contributed by atoms with Crippen molar-refractivity contribution < 1.29 is 0 Å². The second-order valence-corrected chi connectivity index (χ2v) is 20.1. The lowest BCUT2D eigenvalue weighted by Gasteiger charge is -2.44. The summed E-state index contributed by atoms with van der Waals surface area (Å²) in [4.78, 5) is 2.76. The van der Waals surface area contributed by atoms with Gasteiger partial charge in [0, 0.05) is 15.2 Å². The third-order valence-electron chi connectivity index (χ3n) is 15.5. The summed E-state index contributed by atoms with van der Waals surface area (Å²) in [5.41, 5.74) is 14.9. The monoisotopic (exact) mass is 894 g/mol. The summed E-state index contributed by atoms with van der Waals surface area (Å²) in [5.74, 6) is 0. The molecule has 0 aromatic heterocycles. The van der Waals surface area contributed by atoms with Gasteiger partial charge in [0.25, 0.3) is 0 Å². The maximum atomic E-state index is 2.49. The fourth-order valence-corrected chi connectivity index (χ4v) is 14.3. The standard InChI is InChI=1S/C68H46S/c1-4-20-45(21-5-1)43-67(63-57-31-14-10-26-51(57)53-28-12-16-33-59(53)65(63)69-66-60-34-17-13-29-54(60)52-27-11-15-32-58(52)64(66)67)44-46-36-38-47(39-37-46)48-40-41-56-55-30-18-19-35-61(55)68(62(56)42-48,49-22-6-2-7-23-49)50-24-8-3-9-25-50/h1-42H,43-44H2. The molecular weight excluding hydrogens is 849 g/mol. The average Bonchev–Trinajstić information content (AvgIpc) is 3.72. The van der Waals surface area contributed by atoms with E-state index in [-0.39, 0.29) is 0 Å². The third-order valence-corrected chi connectivity index (χ3v) is 16.8. The van der Waals surface area contributed by atoms with Gasteiger partial charge in [-0.2, -0.15) is 0 Å². The molecule has 0 bridgehead atoms. The molecule has 0 saturated carbocycles. The van der Waals surface area contributed by atoms with Crippen LogP contribution < -0.4 is 0 Å². The van der Waals surface area contributed by atoms with E-state index in [1.165, 1.54) is 120 Å². The Bertz CT molecular complexity index is 3800. The second kappa shape index (κ2) is 15.8. The predicted molar refractivity (Wildman–Crippen MR) is 291 cm³/mol. The van der Waals surface area contributed by atoms with E-state index in [0.717, 1.165) is 12.8 Å². The lowest BCUT2D eigenvalue weighted by atomic mass is 9.63. The van der Waals surface area contributed by atoms with Crippen molar-refractivity contribution in [2.24, 2.45) is 0 Å². The zero-order valence-electron chi connectivity index (χ0n) is 38.1. The summed E-state index contributed by atoms with van der Waals surface area (Å²) in [6.07, 6.45) is 1.69. The van der Waals surface area contributed by atoms with Gasteiger partial charge in [-0.1, -0.05) is 260 Å². The molecule has 1 heterocycles. The SMILES string of the molecule is c1ccc(CC2(Cc3ccc(-c4ccc5c(c4)C(c4ccccc4)(c4ccccc4)c4ccccc4-5)cc3)c3c(c4ccccc4c4ccccc34)Sc3c2c2ccccc2c2ccccc32)cc1. The van der Waals surface area contributed by atoms with Gasteiger partial charge in [-0.15, -0.1) is 0 Å². The fraction of sp³-hybridized carbons (Fsp3) is 0.0588. The topological polar surface area (TPSA) is 0 Å². The third kappa shape index (κ3) is 5.97. The Morgan fingerprint density at radius 3 is 1.22 bits per heavy atom. The first-order valence-corrected chi connectivity index (χ1v) is 25.1. The van der Waals surface area contributed by atoms with Crippen molar-refractivity contribution in [1.82, 2.24) is 0 Å². The van der Waals surface area contributed by atoms with E-state index in [9.17, 15) is 0 Å². The van der Waals surface area contributed by atoms with E-state index in [0.29, 0.717) is 0 Å². The first kappa shape index (κ1) is 40.1. The minimum absolute atomic E-state index is 0.434. The zero-order valence-corrected chi connectivity index (χ0v) is 38.9. The number of benzene rings is 12. The number of hydrogen-bond donors (Lipinski definition) is 0. The van der Waals surface area contributed by atoms with Gasteiger partial charge >= 0.3 is 0 Å². The normalized spacial score (nSPS) is 14.1. The first-order valence-electron chi connectivity index (χ1n) is 24.3. The molecule has 0 fully saturated rings. The Labute approximate surface area is 407 Å². The molecule has 324 valence electrons. The van der Waals surface area contributed by atoms with Crippen molar-refractivity contribution in [2.75, 3.05) is 0 Å². The summed E-state index contributed by atoms with van der Waals surface area (Å²) in [6, 6.07) is 96.0. The highest BCUT2D eigenvalue weighted by Crippen LogP contribution is 2.61. The molecule has 12 aromatic carbocycles. The average molecular weight is 895 g/mol. The van der Waals surface area contributed by atoms with Gasteiger partial charge in [-0.3, -0.25) is 0 Å². The summed E-state index contributed by atoms with van der Waals surface area (Å²) in [7, 11) is 0. The molecule has 1 aliphatic heterocycles. The van der Waals surface area contributed by atoms with E-state index >= 15 is 0 Å². The molecule has 0 unspecified atom stereocenters. The Balaban J connectivity index is 0.996. The smallest absolute Gasteiger partial charge is 0.0713 e. The maximum absolute atomic E-state index is 2.49. The van der Waals surface area contributed by atoms with Crippen molar-refractivity contribution in [3.8, 4) is 22.3 Å². The molecule has 0 amide bonds. The highest BCUT2D eigenvalue weighted by atomic mass is 32.2. The Morgan fingerprint density at radius 2 is 0.681 bits per heavy atom. The molecule has 0 saturated heterocycles. The van der Waals surface area contributed by atoms with Gasteiger partial charge in [0.05, 0.1) is 5.41 Å². The predicted octanol–water partition coefficient (Wildman–Crippen LogP) is 17.6. The van der Waals surface area contributed by atoms with Crippen LogP contribution in [0.15, 0.2) is 265 Å². The molecule has 0 nitrogen and oxygen atoms in total. The molecule has 0 N–H and O–H groups in total. The van der Waals surface area contributed by atoms with Crippen LogP contribution in [0.1, 0.15) is 44.5 Å². The van der Waals surface area contributed by atoms with Crippen LogP contribution in [-0.2, 0) is 23.7 Å². The molecule has 1 heteroatoms. The highest BCUT2D eigenvalue weighted by Gasteiger charge is 2.47. The number of fused-ring (bicyclic) bond motifs is 15. The van der Waals surface area contributed by atoms with Crippen LogP contribution in [0, 0.1) is 0 Å². The van der Waals surface area contributed by atoms with Gasteiger partial charge in [0.15, 0.2) is 0 Å². The van der Waals surface area contributed by atoms with Crippen molar-refractivity contribution in [1.29, 1.82) is 0 Å². The lowest BCUT2D eigenvalue weighted by Crippen LogP contribution is -2.37. The minimum Gasteiger partial charge on any atom is -0.0881 e. The summed E-state index contributed by atoms with van der Waals surface area (Å²) >= 11 is 2.00. The van der Waals surface area contributed by atoms with Crippen LogP contribution in [0.2, 0.25) is 0 Å². The van der Waals surface area contributed by atoms with Crippen molar-refractivity contribution in [3.05, 3.63) is 299 Å². The number of hydrogen-bond acceptors (Lipinski definition) is 1. The van der Waals surface area contributed by atoms with Crippen molar-refractivity contribution >= 4 is 54.9 Å². The molecule has 0 radical (unpaired) electrons. The Kier molecular flexibility index (Phi) is 9.19. The van der Waals surface area contributed by atoms with Crippen LogP contribution in [0.5, 0.6) is 0 Å². The Morgan fingerprint density at radius 1 is 0.290 bits per heavy atom. The summed E-state index contributed by atoms with van der Waals surface area (Å²) in [6.45, 7) is 0. The molecule has 1 aliphatic carbocycles. The van der Waals surface area contributed by atoms with Gasteiger partial charge in [-0.25, -0.2) is 0 Å². The highest BCUT2D eigenvalue weighted by molar-refractivity contribution is 8.00. The van der Waals surface area contributed by atoms with Crippen LogP contribution >= 0.6 is 11.8 Å². The van der Waals surface area contributed by atoms with Crippen LogP contribution in [0.4, 0.5) is 0 Å². The fourth-order valence-electron chi connectivity index (χ4n) is 12.8.